The molecule has 2 N–H and O–H groups in total. The molecule has 1 fully saturated rings. The fraction of sp³-hybridized carbons (Fsp3) is 0.222. The number of halogens is 2. The van der Waals surface area contributed by atoms with Gasteiger partial charge >= 0.3 is 0 Å². The number of hydrogen-bond acceptors (Lipinski definition) is 2. The molecule has 0 aromatic heterocycles. The number of carbonyl (C=O) groups excluding carboxylic acids is 2. The Morgan fingerprint density at radius 1 is 1.08 bits per heavy atom. The molecule has 24 heavy (non-hydrogen) atoms. The SMILES string of the molecule is CC1CC1C(=O)Nc1cccc(C(=O)Nc2ccc(Br)cc2Br)c1. The maximum absolute atomic E-state index is 12.4. The van der Waals surface area contributed by atoms with Crippen molar-refractivity contribution in [1.82, 2.24) is 0 Å². The standard InChI is InChI=1S/C18H16Br2N2O2/c1-10-7-14(10)18(24)21-13-4-2-3-11(8-13)17(23)22-16-6-5-12(19)9-15(16)20/h2-6,8-10,14H,7H2,1H3,(H,21,24)(H,22,23). The molecule has 0 spiro atoms. The first-order valence-electron chi connectivity index (χ1n) is 7.61. The molecule has 3 rings (SSSR count). The predicted octanol–water partition coefficient (Wildman–Crippen LogP) is 5.06. The second kappa shape index (κ2) is 7.07. The molecule has 0 aliphatic heterocycles. The minimum absolute atomic E-state index is 0.0238. The fourth-order valence-corrected chi connectivity index (χ4v) is 3.59. The van der Waals surface area contributed by atoms with Gasteiger partial charge < -0.3 is 10.6 Å². The van der Waals surface area contributed by atoms with Gasteiger partial charge in [0.15, 0.2) is 0 Å². The Morgan fingerprint density at radius 3 is 2.50 bits per heavy atom. The summed E-state index contributed by atoms with van der Waals surface area (Å²) >= 11 is 6.80. The van der Waals surface area contributed by atoms with Crippen molar-refractivity contribution < 1.29 is 9.59 Å². The lowest BCUT2D eigenvalue weighted by Gasteiger charge is -2.10. The number of amides is 2. The maximum atomic E-state index is 12.4. The molecule has 4 nitrogen and oxygen atoms in total. The number of rotatable bonds is 4. The molecule has 2 unspecified atom stereocenters. The summed E-state index contributed by atoms with van der Waals surface area (Å²) in [6.45, 7) is 2.06. The third-order valence-electron chi connectivity index (χ3n) is 4.02. The summed E-state index contributed by atoms with van der Waals surface area (Å²) in [5, 5.41) is 5.73. The molecule has 0 saturated heterocycles. The molecule has 0 heterocycles. The Labute approximate surface area is 157 Å². The highest BCUT2D eigenvalue weighted by atomic mass is 79.9. The maximum Gasteiger partial charge on any atom is 0.255 e. The first-order valence-corrected chi connectivity index (χ1v) is 9.20. The Morgan fingerprint density at radius 2 is 1.83 bits per heavy atom. The van der Waals surface area contributed by atoms with Crippen molar-refractivity contribution >= 4 is 55.0 Å². The Kier molecular flexibility index (Phi) is 5.06. The van der Waals surface area contributed by atoms with Crippen LogP contribution in [0, 0.1) is 11.8 Å². The number of anilines is 2. The quantitative estimate of drug-likeness (QED) is 0.682. The molecule has 0 radical (unpaired) electrons. The minimum atomic E-state index is -0.228. The third-order valence-corrected chi connectivity index (χ3v) is 5.17. The number of hydrogen-bond donors (Lipinski definition) is 2. The van der Waals surface area contributed by atoms with Crippen LogP contribution in [-0.4, -0.2) is 11.8 Å². The van der Waals surface area contributed by atoms with E-state index in [1.54, 1.807) is 24.3 Å². The van der Waals surface area contributed by atoms with Crippen LogP contribution in [0.1, 0.15) is 23.7 Å². The van der Waals surface area contributed by atoms with E-state index in [-0.39, 0.29) is 17.7 Å². The highest BCUT2D eigenvalue weighted by Gasteiger charge is 2.39. The molecule has 1 saturated carbocycles. The number of carbonyl (C=O) groups is 2. The summed E-state index contributed by atoms with van der Waals surface area (Å²) in [6.07, 6.45) is 0.934. The summed E-state index contributed by atoms with van der Waals surface area (Å²) < 4.78 is 1.71. The van der Waals surface area contributed by atoms with Crippen molar-refractivity contribution in [3.8, 4) is 0 Å². The van der Waals surface area contributed by atoms with E-state index in [1.807, 2.05) is 18.2 Å². The zero-order valence-electron chi connectivity index (χ0n) is 13.0. The Hall–Kier alpha value is -1.66. The summed E-state index contributed by atoms with van der Waals surface area (Å²) in [4.78, 5) is 24.4. The molecule has 2 amide bonds. The number of benzene rings is 2. The number of nitrogens with one attached hydrogen (secondary N) is 2. The van der Waals surface area contributed by atoms with Crippen LogP contribution in [-0.2, 0) is 4.79 Å². The second-order valence-corrected chi connectivity index (χ2v) is 7.74. The van der Waals surface area contributed by atoms with Crippen molar-refractivity contribution in [1.29, 1.82) is 0 Å². The van der Waals surface area contributed by atoms with Crippen molar-refractivity contribution in [3.63, 3.8) is 0 Å². The van der Waals surface area contributed by atoms with Gasteiger partial charge in [-0.2, -0.15) is 0 Å². The van der Waals surface area contributed by atoms with Gasteiger partial charge in [0.25, 0.3) is 5.91 Å². The molecule has 6 heteroatoms. The van der Waals surface area contributed by atoms with E-state index < -0.39 is 0 Å². The summed E-state index contributed by atoms with van der Waals surface area (Å²) in [7, 11) is 0. The van der Waals surface area contributed by atoms with Gasteiger partial charge in [0.2, 0.25) is 5.91 Å². The van der Waals surface area contributed by atoms with Crippen LogP contribution in [0.2, 0.25) is 0 Å². The molecule has 1 aliphatic rings. The smallest absolute Gasteiger partial charge is 0.255 e. The van der Waals surface area contributed by atoms with E-state index >= 15 is 0 Å². The van der Waals surface area contributed by atoms with Crippen molar-refractivity contribution in [3.05, 3.63) is 57.0 Å². The average Bonchev–Trinajstić information content (AvgIpc) is 3.27. The van der Waals surface area contributed by atoms with Gasteiger partial charge in [-0.05, 0) is 64.7 Å². The van der Waals surface area contributed by atoms with Crippen molar-refractivity contribution in [2.45, 2.75) is 13.3 Å². The van der Waals surface area contributed by atoms with Crippen molar-refractivity contribution in [2.75, 3.05) is 10.6 Å². The van der Waals surface area contributed by atoms with Gasteiger partial charge in [-0.25, -0.2) is 0 Å². The van der Waals surface area contributed by atoms with E-state index in [2.05, 4.69) is 49.4 Å². The van der Waals surface area contributed by atoms with Crippen LogP contribution in [0.4, 0.5) is 11.4 Å². The topological polar surface area (TPSA) is 58.2 Å². The Bertz CT molecular complexity index is 807. The van der Waals surface area contributed by atoms with E-state index in [4.69, 9.17) is 0 Å². The van der Waals surface area contributed by atoms with E-state index in [0.29, 0.717) is 22.9 Å². The van der Waals surface area contributed by atoms with Crippen LogP contribution >= 0.6 is 31.9 Å². The molecule has 2 aromatic rings. The molecule has 2 atom stereocenters. The minimum Gasteiger partial charge on any atom is -0.326 e. The lowest BCUT2D eigenvalue weighted by Crippen LogP contribution is -2.16. The first kappa shape index (κ1) is 17.2. The third kappa shape index (κ3) is 4.05. The van der Waals surface area contributed by atoms with E-state index in [1.165, 1.54) is 0 Å². The lowest BCUT2D eigenvalue weighted by molar-refractivity contribution is -0.117. The van der Waals surface area contributed by atoms with Gasteiger partial charge in [0, 0.05) is 26.1 Å². The molecular weight excluding hydrogens is 436 g/mol. The van der Waals surface area contributed by atoms with Gasteiger partial charge in [0.1, 0.15) is 0 Å². The fourth-order valence-electron chi connectivity index (χ4n) is 2.45. The summed E-state index contributed by atoms with van der Waals surface area (Å²) in [6, 6.07) is 12.5. The predicted molar refractivity (Wildman–Crippen MR) is 102 cm³/mol. The first-order chi connectivity index (χ1) is 11.4. The highest BCUT2D eigenvalue weighted by molar-refractivity contribution is 9.11. The zero-order chi connectivity index (χ0) is 17.3. The highest BCUT2D eigenvalue weighted by Crippen LogP contribution is 2.38. The van der Waals surface area contributed by atoms with Gasteiger partial charge in [-0.1, -0.05) is 28.9 Å². The van der Waals surface area contributed by atoms with Crippen LogP contribution in [0.25, 0.3) is 0 Å². The summed E-state index contributed by atoms with van der Waals surface area (Å²) in [5.41, 5.74) is 1.82. The van der Waals surface area contributed by atoms with Crippen LogP contribution in [0.15, 0.2) is 51.4 Å². The molecule has 2 aromatic carbocycles. The summed E-state index contributed by atoms with van der Waals surface area (Å²) in [5.74, 6) is 0.345. The lowest BCUT2D eigenvalue weighted by atomic mass is 10.1. The van der Waals surface area contributed by atoms with Crippen LogP contribution in [0.5, 0.6) is 0 Å². The van der Waals surface area contributed by atoms with Gasteiger partial charge in [-0.3, -0.25) is 9.59 Å². The van der Waals surface area contributed by atoms with Crippen LogP contribution < -0.4 is 10.6 Å². The normalized spacial score (nSPS) is 18.8. The molecule has 1 aliphatic carbocycles. The average molecular weight is 452 g/mol. The monoisotopic (exact) mass is 450 g/mol. The molecular formula is C18H16Br2N2O2. The molecule has 124 valence electrons. The molecule has 0 bridgehead atoms. The zero-order valence-corrected chi connectivity index (χ0v) is 16.1. The second-order valence-electron chi connectivity index (χ2n) is 5.97. The van der Waals surface area contributed by atoms with Crippen molar-refractivity contribution in [2.24, 2.45) is 11.8 Å². The Balaban J connectivity index is 1.70. The van der Waals surface area contributed by atoms with Gasteiger partial charge in [0.05, 0.1) is 5.69 Å². The largest absolute Gasteiger partial charge is 0.326 e. The van der Waals surface area contributed by atoms with E-state index in [0.717, 1.165) is 15.4 Å². The van der Waals surface area contributed by atoms with E-state index in [9.17, 15) is 9.59 Å². The van der Waals surface area contributed by atoms with Crippen LogP contribution in [0.3, 0.4) is 0 Å². The van der Waals surface area contributed by atoms with Gasteiger partial charge in [-0.15, -0.1) is 0 Å².